The molecule has 0 aliphatic heterocycles. The number of nitrogens with zero attached hydrogens (tertiary/aromatic N) is 1. The van der Waals surface area contributed by atoms with Crippen LogP contribution in [0.4, 0.5) is 4.79 Å². The lowest BCUT2D eigenvalue weighted by molar-refractivity contribution is -0.146. The molecule has 0 bridgehead atoms. The van der Waals surface area contributed by atoms with Gasteiger partial charge in [0.05, 0.1) is 12.1 Å². The molecule has 20 heavy (non-hydrogen) atoms. The van der Waals surface area contributed by atoms with Crippen LogP contribution < -0.4 is 5.32 Å². The fourth-order valence-electron chi connectivity index (χ4n) is 2.86. The summed E-state index contributed by atoms with van der Waals surface area (Å²) in [6.45, 7) is 5.35. The lowest BCUT2D eigenvalue weighted by Crippen LogP contribution is -2.60. The van der Waals surface area contributed by atoms with Gasteiger partial charge in [0.25, 0.3) is 0 Å². The largest absolute Gasteiger partial charge is 0.480 e. The van der Waals surface area contributed by atoms with Crippen LogP contribution in [-0.4, -0.2) is 51.8 Å². The summed E-state index contributed by atoms with van der Waals surface area (Å²) in [7, 11) is 1.55. The maximum absolute atomic E-state index is 12.1. The van der Waals surface area contributed by atoms with Crippen LogP contribution in [0.15, 0.2) is 0 Å². The Kier molecular flexibility index (Phi) is 5.02. The first-order chi connectivity index (χ1) is 9.06. The predicted octanol–water partition coefficient (Wildman–Crippen LogP) is 1.43. The summed E-state index contributed by atoms with van der Waals surface area (Å²) in [6, 6.07) is -0.455. The van der Waals surface area contributed by atoms with E-state index in [2.05, 4.69) is 5.32 Å². The highest BCUT2D eigenvalue weighted by atomic mass is 16.4. The van der Waals surface area contributed by atoms with Crippen molar-refractivity contribution in [2.45, 2.75) is 57.6 Å². The molecular weight excluding hydrogens is 260 g/mol. The molecule has 0 spiro atoms. The van der Waals surface area contributed by atoms with Crippen LogP contribution in [0.3, 0.4) is 0 Å². The Morgan fingerprint density at radius 2 is 2.05 bits per heavy atom. The quantitative estimate of drug-likeness (QED) is 0.729. The summed E-state index contributed by atoms with van der Waals surface area (Å²) in [6.07, 6.45) is 2.69. The molecule has 3 N–H and O–H groups in total. The molecule has 6 nitrogen and oxygen atoms in total. The lowest BCUT2D eigenvalue weighted by atomic mass is 9.76. The number of aliphatic hydroxyl groups is 1. The second-order valence-electron chi connectivity index (χ2n) is 6.69. The molecule has 0 aromatic rings. The van der Waals surface area contributed by atoms with Crippen molar-refractivity contribution in [2.75, 3.05) is 13.6 Å². The number of nitrogens with one attached hydrogen (secondary N) is 1. The molecule has 116 valence electrons. The third-order valence-corrected chi connectivity index (χ3v) is 3.72. The molecule has 0 radical (unpaired) electrons. The second-order valence-corrected chi connectivity index (χ2v) is 6.69. The molecule has 0 saturated heterocycles. The predicted molar refractivity (Wildman–Crippen MR) is 75.5 cm³/mol. The van der Waals surface area contributed by atoms with Gasteiger partial charge in [-0.15, -0.1) is 0 Å². The number of urea groups is 1. The van der Waals surface area contributed by atoms with E-state index in [1.54, 1.807) is 20.9 Å². The number of likely N-dealkylation sites (N-methyl/N-ethyl adjacent to an activating group) is 1. The van der Waals surface area contributed by atoms with Gasteiger partial charge in [-0.3, -0.25) is 0 Å². The lowest BCUT2D eigenvalue weighted by Gasteiger charge is -2.38. The standard InChI is InChI=1S/C14H26N2O4/c1-10-6-5-7-14(8-10,11(17)18)15-12(19)16(4)9-13(2,3)20/h10,20H,5-9H2,1-4H3,(H,15,19)(H,17,18). The molecule has 1 aliphatic rings. The van der Waals surface area contributed by atoms with Gasteiger partial charge in [-0.05, 0) is 32.6 Å². The Hall–Kier alpha value is -1.30. The Bertz CT molecular complexity index is 378. The third-order valence-electron chi connectivity index (χ3n) is 3.72. The minimum absolute atomic E-state index is 0.143. The van der Waals surface area contributed by atoms with Crippen LogP contribution in [0.5, 0.6) is 0 Å². The topological polar surface area (TPSA) is 89.9 Å². The van der Waals surface area contributed by atoms with Crippen LogP contribution in [0.2, 0.25) is 0 Å². The molecule has 2 atom stereocenters. The smallest absolute Gasteiger partial charge is 0.329 e. The molecule has 2 amide bonds. The average molecular weight is 286 g/mol. The van der Waals surface area contributed by atoms with Crippen LogP contribution in [0.1, 0.15) is 46.5 Å². The zero-order chi connectivity index (χ0) is 15.6. The summed E-state index contributed by atoms with van der Waals surface area (Å²) in [5, 5.41) is 21.9. The average Bonchev–Trinajstić information content (AvgIpc) is 2.26. The molecule has 0 heterocycles. The van der Waals surface area contributed by atoms with Gasteiger partial charge in [0.15, 0.2) is 0 Å². The number of carboxylic acid groups (broad SMARTS) is 1. The van der Waals surface area contributed by atoms with Crippen molar-refractivity contribution < 1.29 is 19.8 Å². The van der Waals surface area contributed by atoms with E-state index < -0.39 is 23.1 Å². The van der Waals surface area contributed by atoms with Gasteiger partial charge in [0, 0.05) is 7.05 Å². The fraction of sp³-hybridized carbons (Fsp3) is 0.857. The van der Waals surface area contributed by atoms with Crippen LogP contribution in [0, 0.1) is 5.92 Å². The highest BCUT2D eigenvalue weighted by molar-refractivity contribution is 5.86. The maximum atomic E-state index is 12.1. The summed E-state index contributed by atoms with van der Waals surface area (Å²) in [5.41, 5.74) is -2.19. The first-order valence-corrected chi connectivity index (χ1v) is 7.05. The monoisotopic (exact) mass is 286 g/mol. The van der Waals surface area contributed by atoms with Gasteiger partial charge >= 0.3 is 12.0 Å². The molecule has 1 fully saturated rings. The number of carbonyl (C=O) groups excluding carboxylic acids is 1. The number of rotatable bonds is 4. The first-order valence-electron chi connectivity index (χ1n) is 7.05. The van der Waals surface area contributed by atoms with Crippen molar-refractivity contribution >= 4 is 12.0 Å². The van der Waals surface area contributed by atoms with Crippen molar-refractivity contribution in [1.29, 1.82) is 0 Å². The zero-order valence-corrected chi connectivity index (χ0v) is 12.8. The molecule has 1 rings (SSSR count). The molecule has 0 aromatic heterocycles. The highest BCUT2D eigenvalue weighted by Gasteiger charge is 2.43. The summed E-state index contributed by atoms with van der Waals surface area (Å²) >= 11 is 0. The van der Waals surface area contributed by atoms with E-state index in [0.717, 1.165) is 12.8 Å². The van der Waals surface area contributed by atoms with Gasteiger partial charge in [0.2, 0.25) is 0 Å². The van der Waals surface area contributed by atoms with E-state index >= 15 is 0 Å². The highest BCUT2D eigenvalue weighted by Crippen LogP contribution is 2.32. The van der Waals surface area contributed by atoms with Crippen LogP contribution in [0.25, 0.3) is 0 Å². The number of hydrogen-bond acceptors (Lipinski definition) is 3. The van der Waals surface area contributed by atoms with Crippen LogP contribution in [-0.2, 0) is 4.79 Å². The Balaban J connectivity index is 2.76. The first kappa shape index (κ1) is 16.8. The zero-order valence-electron chi connectivity index (χ0n) is 12.8. The summed E-state index contributed by atoms with van der Waals surface area (Å²) in [5.74, 6) is -0.700. The molecule has 6 heteroatoms. The SMILES string of the molecule is CC1CCCC(NC(=O)N(C)CC(C)(C)O)(C(=O)O)C1. The normalized spacial score (nSPS) is 26.9. The number of amides is 2. The third kappa shape index (κ3) is 4.37. The van der Waals surface area contributed by atoms with Crippen molar-refractivity contribution in [3.05, 3.63) is 0 Å². The molecule has 1 saturated carbocycles. The number of carbonyl (C=O) groups is 2. The van der Waals surface area contributed by atoms with Crippen LogP contribution >= 0.6 is 0 Å². The van der Waals surface area contributed by atoms with Crippen molar-refractivity contribution in [2.24, 2.45) is 5.92 Å². The summed E-state index contributed by atoms with van der Waals surface area (Å²) in [4.78, 5) is 25.1. The Labute approximate surface area is 120 Å². The van der Waals surface area contributed by atoms with Crippen molar-refractivity contribution in [1.82, 2.24) is 10.2 Å². The molecule has 0 aromatic carbocycles. The minimum atomic E-state index is -1.18. The van der Waals surface area contributed by atoms with Gasteiger partial charge in [0.1, 0.15) is 5.54 Å². The van der Waals surface area contributed by atoms with Gasteiger partial charge in [-0.25, -0.2) is 9.59 Å². The number of aliphatic carboxylic acids is 1. The molecular formula is C14H26N2O4. The molecule has 1 aliphatic carbocycles. The fourth-order valence-corrected chi connectivity index (χ4v) is 2.86. The Morgan fingerprint density at radius 1 is 1.45 bits per heavy atom. The number of hydrogen-bond donors (Lipinski definition) is 3. The second kappa shape index (κ2) is 5.99. The van der Waals surface area contributed by atoms with Crippen molar-refractivity contribution in [3.8, 4) is 0 Å². The summed E-state index contributed by atoms with van der Waals surface area (Å²) < 4.78 is 0. The molecule has 2 unspecified atom stereocenters. The van der Waals surface area contributed by atoms with E-state index in [1.807, 2.05) is 6.92 Å². The van der Waals surface area contributed by atoms with Gasteiger partial charge in [-0.2, -0.15) is 0 Å². The van der Waals surface area contributed by atoms with Gasteiger partial charge < -0.3 is 20.4 Å². The van der Waals surface area contributed by atoms with E-state index in [9.17, 15) is 19.8 Å². The Morgan fingerprint density at radius 3 is 2.50 bits per heavy atom. The van der Waals surface area contributed by atoms with Gasteiger partial charge in [-0.1, -0.05) is 19.8 Å². The van der Waals surface area contributed by atoms with E-state index in [-0.39, 0.29) is 12.5 Å². The number of carboxylic acids is 1. The van der Waals surface area contributed by atoms with E-state index in [1.165, 1.54) is 4.90 Å². The van der Waals surface area contributed by atoms with Crippen molar-refractivity contribution in [3.63, 3.8) is 0 Å². The van der Waals surface area contributed by atoms with E-state index in [4.69, 9.17) is 0 Å². The van der Waals surface area contributed by atoms with E-state index in [0.29, 0.717) is 12.8 Å². The maximum Gasteiger partial charge on any atom is 0.329 e. The minimum Gasteiger partial charge on any atom is -0.480 e.